The van der Waals surface area contributed by atoms with Crippen molar-refractivity contribution in [3.8, 4) is 11.8 Å². The Morgan fingerprint density at radius 2 is 2.11 bits per heavy atom. The molecule has 0 saturated heterocycles. The Labute approximate surface area is 150 Å². The molecule has 2 rings (SSSR count). The second-order valence-corrected chi connectivity index (χ2v) is 5.26. The van der Waals surface area contributed by atoms with Crippen LogP contribution in [0.25, 0.3) is 0 Å². The molecule has 1 N–H and O–H groups in total. The van der Waals surface area contributed by atoms with E-state index in [-0.39, 0.29) is 33.9 Å². The summed E-state index contributed by atoms with van der Waals surface area (Å²) in [5.41, 5.74) is -0.309. The number of anilines is 1. The van der Waals surface area contributed by atoms with Crippen LogP contribution in [0.2, 0.25) is 0 Å². The van der Waals surface area contributed by atoms with Crippen LogP contribution in [0.5, 0.6) is 5.75 Å². The van der Waals surface area contributed by atoms with E-state index in [4.69, 9.17) is 5.26 Å². The molecule has 0 atom stereocenters. The molecule has 0 aliphatic rings. The maximum atomic E-state index is 12.3. The first-order chi connectivity index (χ1) is 12.6. The zero-order valence-corrected chi connectivity index (χ0v) is 13.7. The highest BCUT2D eigenvalue weighted by Gasteiger charge is 2.29. The molecule has 0 saturated carbocycles. The van der Waals surface area contributed by atoms with Crippen molar-refractivity contribution in [3.05, 3.63) is 57.4 Å². The van der Waals surface area contributed by atoms with Gasteiger partial charge in [-0.1, -0.05) is 0 Å². The minimum absolute atomic E-state index is 0.0555. The molecule has 0 aliphatic carbocycles. The van der Waals surface area contributed by atoms with Crippen molar-refractivity contribution in [1.29, 1.82) is 5.26 Å². The van der Waals surface area contributed by atoms with E-state index in [0.717, 1.165) is 24.4 Å². The van der Waals surface area contributed by atoms with E-state index in [1.54, 1.807) is 6.07 Å². The number of nitrogens with zero attached hydrogens (tertiary/aromatic N) is 3. The quantitative estimate of drug-likeness (QED) is 0.628. The van der Waals surface area contributed by atoms with Gasteiger partial charge >= 0.3 is 6.18 Å². The summed E-state index contributed by atoms with van der Waals surface area (Å²) in [6.07, 6.45) is -3.56. The highest BCUT2D eigenvalue weighted by Crippen LogP contribution is 2.25. The second-order valence-electron chi connectivity index (χ2n) is 5.26. The van der Waals surface area contributed by atoms with Gasteiger partial charge < -0.3 is 10.1 Å². The number of rotatable bonds is 5. The average molecular weight is 380 g/mol. The van der Waals surface area contributed by atoms with Gasteiger partial charge in [-0.05, 0) is 25.1 Å². The van der Waals surface area contributed by atoms with E-state index >= 15 is 0 Å². The third-order valence-electron chi connectivity index (χ3n) is 3.28. The Balaban J connectivity index is 2.23. The summed E-state index contributed by atoms with van der Waals surface area (Å²) < 4.78 is 41.2. The number of ether oxygens (including phenoxy) is 1. The van der Waals surface area contributed by atoms with Gasteiger partial charge in [0.1, 0.15) is 18.0 Å². The van der Waals surface area contributed by atoms with Crippen LogP contribution in [0.3, 0.4) is 0 Å². The number of nitriles is 1. The number of carbonyl (C=O) groups is 1. The first kappa shape index (κ1) is 19.6. The van der Waals surface area contributed by atoms with E-state index in [2.05, 4.69) is 15.0 Å². The fourth-order valence-electron chi connectivity index (χ4n) is 2.03. The number of aryl methyl sites for hydroxylation is 1. The minimum Gasteiger partial charge on any atom is -0.483 e. The molecule has 27 heavy (non-hydrogen) atoms. The highest BCUT2D eigenvalue weighted by molar-refractivity contribution is 6.05. The number of pyridine rings is 1. The zero-order chi connectivity index (χ0) is 20.2. The van der Waals surface area contributed by atoms with Crippen LogP contribution < -0.4 is 10.1 Å². The summed E-state index contributed by atoms with van der Waals surface area (Å²) >= 11 is 0. The van der Waals surface area contributed by atoms with Gasteiger partial charge in [-0.15, -0.1) is 0 Å². The maximum absolute atomic E-state index is 12.3. The number of hydrogen-bond acceptors (Lipinski definition) is 6. The molecule has 2 aromatic rings. The predicted octanol–water partition coefficient (Wildman–Crippen LogP) is 3.36. The Morgan fingerprint density at radius 3 is 2.70 bits per heavy atom. The summed E-state index contributed by atoms with van der Waals surface area (Å²) in [4.78, 5) is 26.2. The van der Waals surface area contributed by atoms with Gasteiger partial charge in [0.25, 0.3) is 11.6 Å². The molecule has 1 amide bonds. The van der Waals surface area contributed by atoms with Gasteiger partial charge in [0, 0.05) is 11.8 Å². The topological polar surface area (TPSA) is 118 Å². The number of hydrogen-bond donors (Lipinski definition) is 1. The Morgan fingerprint density at radius 1 is 1.41 bits per heavy atom. The number of benzene rings is 1. The number of aromatic nitrogens is 1. The van der Waals surface area contributed by atoms with Gasteiger partial charge in [0.05, 0.1) is 21.7 Å². The van der Waals surface area contributed by atoms with E-state index in [0.29, 0.717) is 0 Å². The smallest absolute Gasteiger partial charge is 0.422 e. The van der Waals surface area contributed by atoms with Gasteiger partial charge in [-0.3, -0.25) is 19.9 Å². The molecular formula is C16H11F3N4O4. The average Bonchev–Trinajstić information content (AvgIpc) is 2.59. The zero-order valence-electron chi connectivity index (χ0n) is 13.7. The molecule has 1 heterocycles. The van der Waals surface area contributed by atoms with Crippen LogP contribution in [-0.4, -0.2) is 28.6 Å². The Bertz CT molecular complexity index is 938. The molecule has 1 aromatic heterocycles. The lowest BCUT2D eigenvalue weighted by atomic mass is 10.1. The van der Waals surface area contributed by atoms with Gasteiger partial charge in [-0.2, -0.15) is 18.4 Å². The lowest BCUT2D eigenvalue weighted by Crippen LogP contribution is -2.19. The van der Waals surface area contributed by atoms with Crippen LogP contribution in [-0.2, 0) is 0 Å². The summed E-state index contributed by atoms with van der Waals surface area (Å²) in [5, 5.41) is 22.3. The highest BCUT2D eigenvalue weighted by atomic mass is 19.4. The van der Waals surface area contributed by atoms with Gasteiger partial charge in [0.2, 0.25) is 0 Å². The molecule has 140 valence electrons. The van der Waals surface area contributed by atoms with Crippen LogP contribution in [0, 0.1) is 28.4 Å². The molecule has 8 nitrogen and oxygen atoms in total. The third kappa shape index (κ3) is 5.15. The van der Waals surface area contributed by atoms with Crippen molar-refractivity contribution < 1.29 is 27.6 Å². The van der Waals surface area contributed by atoms with Gasteiger partial charge in [-0.25, -0.2) is 0 Å². The normalized spacial score (nSPS) is 10.8. The number of halogens is 3. The van der Waals surface area contributed by atoms with Crippen LogP contribution >= 0.6 is 0 Å². The van der Waals surface area contributed by atoms with E-state index < -0.39 is 23.6 Å². The lowest BCUT2D eigenvalue weighted by molar-refractivity contribution is -0.385. The molecular weight excluding hydrogens is 369 g/mol. The first-order valence-electron chi connectivity index (χ1n) is 7.27. The second kappa shape index (κ2) is 7.69. The first-order valence-corrected chi connectivity index (χ1v) is 7.27. The van der Waals surface area contributed by atoms with Gasteiger partial charge in [0.15, 0.2) is 6.61 Å². The number of nitro groups is 1. The van der Waals surface area contributed by atoms with Crippen molar-refractivity contribution >= 4 is 17.3 Å². The molecule has 11 heteroatoms. The van der Waals surface area contributed by atoms with Crippen molar-refractivity contribution in [2.24, 2.45) is 0 Å². The Kier molecular flexibility index (Phi) is 5.60. The molecule has 0 fully saturated rings. The fraction of sp³-hybridized carbons (Fsp3) is 0.188. The van der Waals surface area contributed by atoms with Crippen LogP contribution in [0.1, 0.15) is 21.6 Å². The number of alkyl halides is 3. The standard InChI is InChI=1S/C16H11F3N4O4/c1-9-13(5-12(7-21-9)23(25)26)15(24)22-11-2-3-14(10(4-11)6-20)27-8-16(17,18)19/h2-5,7H,8H2,1H3,(H,22,24). The van der Waals surface area contributed by atoms with E-state index in [1.165, 1.54) is 13.0 Å². The van der Waals surface area contributed by atoms with Crippen LogP contribution in [0.4, 0.5) is 24.5 Å². The van der Waals surface area contributed by atoms with Crippen molar-refractivity contribution in [2.75, 3.05) is 11.9 Å². The number of nitrogens with one attached hydrogen (secondary N) is 1. The minimum atomic E-state index is -4.56. The number of amides is 1. The SMILES string of the molecule is Cc1ncc([N+](=O)[O-])cc1C(=O)Nc1ccc(OCC(F)(F)F)c(C#N)c1. The fourth-order valence-corrected chi connectivity index (χ4v) is 2.03. The Hall–Kier alpha value is -3.68. The monoisotopic (exact) mass is 380 g/mol. The van der Waals surface area contributed by atoms with Crippen molar-refractivity contribution in [3.63, 3.8) is 0 Å². The summed E-state index contributed by atoms with van der Waals surface area (Å²) in [6, 6.07) is 6.20. The van der Waals surface area contributed by atoms with Crippen molar-refractivity contribution in [2.45, 2.75) is 13.1 Å². The van der Waals surface area contributed by atoms with Crippen molar-refractivity contribution in [1.82, 2.24) is 4.98 Å². The van der Waals surface area contributed by atoms with Crippen LogP contribution in [0.15, 0.2) is 30.5 Å². The predicted molar refractivity (Wildman–Crippen MR) is 86.3 cm³/mol. The molecule has 0 radical (unpaired) electrons. The summed E-state index contributed by atoms with van der Waals surface area (Å²) in [5.74, 6) is -1.02. The molecule has 0 bridgehead atoms. The largest absolute Gasteiger partial charge is 0.483 e. The molecule has 0 aliphatic heterocycles. The van der Waals surface area contributed by atoms with E-state index in [1.807, 2.05) is 0 Å². The third-order valence-corrected chi connectivity index (χ3v) is 3.28. The van der Waals surface area contributed by atoms with E-state index in [9.17, 15) is 28.1 Å². The summed E-state index contributed by atoms with van der Waals surface area (Å²) in [7, 11) is 0. The molecule has 0 spiro atoms. The number of carbonyl (C=O) groups excluding carboxylic acids is 1. The molecule has 0 unspecified atom stereocenters. The summed E-state index contributed by atoms with van der Waals surface area (Å²) in [6.45, 7) is -0.0840. The maximum Gasteiger partial charge on any atom is 0.422 e. The lowest BCUT2D eigenvalue weighted by Gasteiger charge is -2.12. The molecule has 1 aromatic carbocycles.